The highest BCUT2D eigenvalue weighted by molar-refractivity contribution is 5.85. The maximum absolute atomic E-state index is 11.6. The maximum atomic E-state index is 11.6. The normalized spacial score (nSPS) is 23.1. The quantitative estimate of drug-likeness (QED) is 0.810. The Morgan fingerprint density at radius 3 is 2.81 bits per heavy atom. The Bertz CT molecular complexity index is 350. The fourth-order valence-electron chi connectivity index (χ4n) is 2.09. The zero-order valence-electron chi connectivity index (χ0n) is 9.43. The summed E-state index contributed by atoms with van der Waals surface area (Å²) in [6.07, 6.45) is 1.84. The molecule has 0 saturated carbocycles. The van der Waals surface area contributed by atoms with E-state index in [1.807, 2.05) is 18.2 Å². The van der Waals surface area contributed by atoms with Crippen molar-refractivity contribution in [2.75, 3.05) is 13.1 Å². The molecule has 0 spiro atoms. The molecule has 1 aliphatic heterocycles. The Hall–Kier alpha value is -1.19. The summed E-state index contributed by atoms with van der Waals surface area (Å²) in [5.41, 5.74) is 7.01. The number of carbonyl (C=O) groups is 1. The van der Waals surface area contributed by atoms with Gasteiger partial charge in [-0.25, -0.2) is 0 Å². The Labute approximate surface area is 96.2 Å². The van der Waals surface area contributed by atoms with Crippen LogP contribution in [0.15, 0.2) is 30.3 Å². The van der Waals surface area contributed by atoms with Gasteiger partial charge in [0.25, 0.3) is 0 Å². The minimum absolute atomic E-state index is 0.174. The van der Waals surface area contributed by atoms with Gasteiger partial charge >= 0.3 is 0 Å². The molecule has 1 heterocycles. The first-order chi connectivity index (χ1) is 7.75. The van der Waals surface area contributed by atoms with Crippen LogP contribution in [0.4, 0.5) is 0 Å². The van der Waals surface area contributed by atoms with Crippen LogP contribution in [0.5, 0.6) is 0 Å². The number of carbonyl (C=O) groups excluding carboxylic acids is 1. The average Bonchev–Trinajstić information content (AvgIpc) is 2.43. The smallest absolute Gasteiger partial charge is 0.163 e. The fraction of sp³-hybridized carbons (Fsp3) is 0.462. The predicted molar refractivity (Wildman–Crippen MR) is 63.9 cm³/mol. The number of likely N-dealkylation sites (tertiary alicyclic amines) is 1. The van der Waals surface area contributed by atoms with E-state index in [4.69, 9.17) is 5.73 Å². The minimum atomic E-state index is -0.249. The number of benzene rings is 1. The van der Waals surface area contributed by atoms with Gasteiger partial charge in [-0.05, 0) is 24.9 Å². The molecule has 0 aliphatic carbocycles. The molecule has 86 valence electrons. The van der Waals surface area contributed by atoms with Crippen molar-refractivity contribution in [1.29, 1.82) is 0 Å². The van der Waals surface area contributed by atoms with E-state index in [0.717, 1.165) is 25.9 Å². The molecule has 0 radical (unpaired) electrons. The molecular formula is C13H18N2O. The highest BCUT2D eigenvalue weighted by atomic mass is 16.1. The number of ketones is 1. The number of rotatable bonds is 2. The third-order valence-corrected chi connectivity index (χ3v) is 3.03. The zero-order valence-corrected chi connectivity index (χ0v) is 9.43. The lowest BCUT2D eigenvalue weighted by atomic mass is 10.1. The first kappa shape index (κ1) is 11.3. The zero-order chi connectivity index (χ0) is 11.4. The Morgan fingerprint density at radius 1 is 1.31 bits per heavy atom. The number of nitrogens with two attached hydrogens (primary N) is 1. The van der Waals surface area contributed by atoms with Crippen LogP contribution in [-0.4, -0.2) is 29.8 Å². The minimum Gasteiger partial charge on any atom is -0.321 e. The average molecular weight is 218 g/mol. The first-order valence-electron chi connectivity index (χ1n) is 5.80. The van der Waals surface area contributed by atoms with E-state index < -0.39 is 0 Å². The second-order valence-electron chi connectivity index (χ2n) is 4.41. The van der Waals surface area contributed by atoms with Crippen molar-refractivity contribution in [2.24, 2.45) is 5.73 Å². The van der Waals surface area contributed by atoms with Gasteiger partial charge in [-0.15, -0.1) is 0 Å². The Kier molecular flexibility index (Phi) is 3.70. The van der Waals surface area contributed by atoms with Crippen LogP contribution in [0.1, 0.15) is 18.4 Å². The van der Waals surface area contributed by atoms with Crippen molar-refractivity contribution in [3.05, 3.63) is 35.9 Å². The van der Waals surface area contributed by atoms with Crippen LogP contribution in [-0.2, 0) is 11.3 Å². The van der Waals surface area contributed by atoms with Crippen LogP contribution in [0.25, 0.3) is 0 Å². The van der Waals surface area contributed by atoms with E-state index in [9.17, 15) is 4.79 Å². The summed E-state index contributed by atoms with van der Waals surface area (Å²) in [4.78, 5) is 13.8. The molecule has 0 amide bonds. The second-order valence-corrected chi connectivity index (χ2v) is 4.41. The molecule has 1 fully saturated rings. The van der Waals surface area contributed by atoms with Crippen molar-refractivity contribution in [3.63, 3.8) is 0 Å². The van der Waals surface area contributed by atoms with Crippen molar-refractivity contribution in [2.45, 2.75) is 25.4 Å². The van der Waals surface area contributed by atoms with E-state index in [-0.39, 0.29) is 11.8 Å². The molecular weight excluding hydrogens is 200 g/mol. The second kappa shape index (κ2) is 5.23. The molecule has 2 rings (SSSR count). The number of hydrogen-bond donors (Lipinski definition) is 1. The molecule has 2 N–H and O–H groups in total. The molecule has 1 atom stereocenters. The lowest BCUT2D eigenvalue weighted by Crippen LogP contribution is -2.36. The van der Waals surface area contributed by atoms with Crippen molar-refractivity contribution >= 4 is 5.78 Å². The maximum Gasteiger partial charge on any atom is 0.163 e. The first-order valence-corrected chi connectivity index (χ1v) is 5.80. The molecule has 1 aromatic carbocycles. The van der Waals surface area contributed by atoms with E-state index in [0.29, 0.717) is 6.54 Å². The van der Waals surface area contributed by atoms with Gasteiger partial charge in [0, 0.05) is 6.54 Å². The Balaban J connectivity index is 1.97. The molecule has 1 saturated heterocycles. The van der Waals surface area contributed by atoms with Crippen molar-refractivity contribution in [1.82, 2.24) is 4.90 Å². The molecule has 3 heteroatoms. The monoisotopic (exact) mass is 218 g/mol. The van der Waals surface area contributed by atoms with Gasteiger partial charge in [0.1, 0.15) is 0 Å². The van der Waals surface area contributed by atoms with Crippen molar-refractivity contribution in [3.8, 4) is 0 Å². The van der Waals surface area contributed by atoms with Gasteiger partial charge in [-0.3, -0.25) is 9.69 Å². The van der Waals surface area contributed by atoms with Crippen LogP contribution in [0, 0.1) is 0 Å². The summed E-state index contributed by atoms with van der Waals surface area (Å²) in [7, 11) is 0. The molecule has 16 heavy (non-hydrogen) atoms. The summed E-state index contributed by atoms with van der Waals surface area (Å²) >= 11 is 0. The van der Waals surface area contributed by atoms with E-state index in [1.54, 1.807) is 0 Å². The third-order valence-electron chi connectivity index (χ3n) is 3.03. The molecule has 1 unspecified atom stereocenters. The van der Waals surface area contributed by atoms with Gasteiger partial charge in [-0.1, -0.05) is 30.3 Å². The van der Waals surface area contributed by atoms with Gasteiger partial charge in [0.2, 0.25) is 0 Å². The van der Waals surface area contributed by atoms with Crippen LogP contribution in [0.3, 0.4) is 0 Å². The van der Waals surface area contributed by atoms with E-state index in [1.165, 1.54) is 5.56 Å². The third kappa shape index (κ3) is 2.90. The lowest BCUT2D eigenvalue weighted by Gasteiger charge is -2.18. The number of hydrogen-bond acceptors (Lipinski definition) is 3. The summed E-state index contributed by atoms with van der Waals surface area (Å²) < 4.78 is 0. The largest absolute Gasteiger partial charge is 0.321 e. The van der Waals surface area contributed by atoms with Crippen LogP contribution >= 0.6 is 0 Å². The van der Waals surface area contributed by atoms with E-state index in [2.05, 4.69) is 17.0 Å². The van der Waals surface area contributed by atoms with Gasteiger partial charge < -0.3 is 5.73 Å². The lowest BCUT2D eigenvalue weighted by molar-refractivity contribution is -0.120. The van der Waals surface area contributed by atoms with Gasteiger partial charge in [0.05, 0.1) is 12.6 Å². The number of nitrogens with zero attached hydrogens (tertiary/aromatic N) is 1. The van der Waals surface area contributed by atoms with Gasteiger partial charge in [-0.2, -0.15) is 0 Å². The molecule has 1 aromatic rings. The van der Waals surface area contributed by atoms with E-state index >= 15 is 0 Å². The summed E-state index contributed by atoms with van der Waals surface area (Å²) in [6, 6.07) is 10.00. The highest BCUT2D eigenvalue weighted by Gasteiger charge is 2.21. The SMILES string of the molecule is NC1CCCN(Cc2ccccc2)CC1=O. The molecule has 0 bridgehead atoms. The highest BCUT2D eigenvalue weighted by Crippen LogP contribution is 2.10. The Morgan fingerprint density at radius 2 is 2.06 bits per heavy atom. The molecule has 1 aliphatic rings. The van der Waals surface area contributed by atoms with Crippen LogP contribution in [0.2, 0.25) is 0 Å². The summed E-state index contributed by atoms with van der Waals surface area (Å²) in [5.74, 6) is 0.174. The predicted octanol–water partition coefficient (Wildman–Crippen LogP) is 1.18. The van der Waals surface area contributed by atoms with Crippen molar-refractivity contribution < 1.29 is 4.79 Å². The molecule has 3 nitrogen and oxygen atoms in total. The number of Topliss-reactive ketones (excluding diaryl/α,β-unsaturated/α-hetero) is 1. The topological polar surface area (TPSA) is 46.3 Å². The van der Waals surface area contributed by atoms with Crippen LogP contribution < -0.4 is 5.73 Å². The summed E-state index contributed by atoms with van der Waals surface area (Å²) in [6.45, 7) is 2.31. The molecule has 0 aromatic heterocycles. The fourth-order valence-corrected chi connectivity index (χ4v) is 2.09. The standard InChI is InChI=1S/C13H18N2O/c14-12-7-4-8-15(10-13(12)16)9-11-5-2-1-3-6-11/h1-3,5-6,12H,4,7-10,14H2. The van der Waals surface area contributed by atoms with Gasteiger partial charge in [0.15, 0.2) is 5.78 Å². The summed E-state index contributed by atoms with van der Waals surface area (Å²) in [5, 5.41) is 0.